The van der Waals surface area contributed by atoms with Gasteiger partial charge in [0.1, 0.15) is 17.5 Å². The van der Waals surface area contributed by atoms with Crippen molar-refractivity contribution in [2.75, 3.05) is 5.32 Å². The second kappa shape index (κ2) is 7.91. The number of aromatic amines is 1. The molecule has 6 nitrogen and oxygen atoms in total. The first-order chi connectivity index (χ1) is 16.4. The Kier molecular flexibility index (Phi) is 4.95. The summed E-state index contributed by atoms with van der Waals surface area (Å²) in [6.45, 7) is 0. The molecule has 0 spiro atoms. The normalized spacial score (nSPS) is 24.1. The average molecular weight is 483 g/mol. The van der Waals surface area contributed by atoms with E-state index in [1.807, 2.05) is 0 Å². The van der Waals surface area contributed by atoms with Gasteiger partial charge in [0.15, 0.2) is 5.82 Å². The van der Waals surface area contributed by atoms with Crippen LogP contribution < -0.4 is 5.32 Å². The lowest BCUT2D eigenvalue weighted by Crippen LogP contribution is -2.51. The number of aromatic nitrogens is 3. The smallest absolute Gasteiger partial charge is 0.308 e. The molecule has 7 rings (SSSR count). The van der Waals surface area contributed by atoms with Gasteiger partial charge >= 0.3 is 5.97 Å². The predicted octanol–water partition coefficient (Wildman–Crippen LogP) is 6.01. The van der Waals surface area contributed by atoms with Gasteiger partial charge in [-0.25, -0.2) is 18.7 Å². The summed E-state index contributed by atoms with van der Waals surface area (Å²) in [6.07, 6.45) is 5.37. The molecule has 2 atom stereocenters. The summed E-state index contributed by atoms with van der Waals surface area (Å²) in [5.41, 5.74) is 1.16. The molecule has 2 bridgehead atoms. The van der Waals surface area contributed by atoms with Crippen LogP contribution in [0, 0.1) is 29.4 Å². The molecule has 3 aliphatic carbocycles. The third-order valence-corrected chi connectivity index (χ3v) is 7.65. The van der Waals surface area contributed by atoms with Crippen LogP contribution in [0.2, 0.25) is 5.02 Å². The molecule has 2 aromatic heterocycles. The fourth-order valence-corrected chi connectivity index (χ4v) is 6.01. The summed E-state index contributed by atoms with van der Waals surface area (Å²) in [6, 6.07) is 7.03. The maximum absolute atomic E-state index is 14.3. The molecule has 2 aromatic carbocycles. The molecule has 34 heavy (non-hydrogen) atoms. The molecule has 0 amide bonds. The molecule has 3 N–H and O–H groups in total. The average Bonchev–Trinajstić information content (AvgIpc) is 3.23. The minimum absolute atomic E-state index is 0.140. The topological polar surface area (TPSA) is 90.9 Å². The van der Waals surface area contributed by atoms with Crippen molar-refractivity contribution < 1.29 is 18.7 Å². The summed E-state index contributed by atoms with van der Waals surface area (Å²) < 4.78 is 28.3. The number of aliphatic carboxylic acids is 1. The molecule has 0 radical (unpaired) electrons. The van der Waals surface area contributed by atoms with Crippen LogP contribution in [-0.2, 0) is 4.79 Å². The Morgan fingerprint density at radius 3 is 2.59 bits per heavy atom. The summed E-state index contributed by atoms with van der Waals surface area (Å²) in [5, 5.41) is 14.9. The van der Waals surface area contributed by atoms with Gasteiger partial charge in [0.05, 0.1) is 17.0 Å². The van der Waals surface area contributed by atoms with E-state index in [9.17, 15) is 18.7 Å². The van der Waals surface area contributed by atoms with Crippen molar-refractivity contribution in [3.63, 3.8) is 0 Å². The monoisotopic (exact) mass is 482 g/mol. The predicted molar refractivity (Wildman–Crippen MR) is 126 cm³/mol. The van der Waals surface area contributed by atoms with Crippen LogP contribution in [0.4, 0.5) is 14.6 Å². The SMILES string of the molecule is O=C(O)[C@@H]1C2CCC(CC2)[C@H]1Nc1nc(-c2c[nH]c3c(F)cc(F)cc23)nc2cc(Cl)ccc12. The van der Waals surface area contributed by atoms with E-state index in [0.717, 1.165) is 31.7 Å². The molecule has 174 valence electrons. The van der Waals surface area contributed by atoms with E-state index in [1.54, 1.807) is 24.4 Å². The Morgan fingerprint density at radius 1 is 1.06 bits per heavy atom. The van der Waals surface area contributed by atoms with Gasteiger partial charge in [-0.1, -0.05) is 11.6 Å². The first kappa shape index (κ1) is 21.3. The molecule has 0 saturated heterocycles. The van der Waals surface area contributed by atoms with Crippen molar-refractivity contribution in [1.29, 1.82) is 0 Å². The molecule has 0 aliphatic heterocycles. The van der Waals surface area contributed by atoms with E-state index < -0.39 is 23.5 Å². The van der Waals surface area contributed by atoms with Gasteiger partial charge in [0.2, 0.25) is 0 Å². The standard InChI is InChI=1S/C25H21ClF2N4O2/c26-13-5-6-15-19(7-13)30-24(17-10-29-22-16(17)8-14(27)9-18(22)28)32-23(15)31-21-12-3-1-11(2-4-12)20(21)25(33)34/h5-12,20-21,29H,1-4H2,(H,33,34)(H,30,31,32)/t11?,12?,20-,21-/m1/s1. The van der Waals surface area contributed by atoms with Crippen LogP contribution in [-0.4, -0.2) is 32.1 Å². The molecule has 3 aliphatic rings. The second-order valence-corrected chi connectivity index (χ2v) is 9.72. The molecule has 3 fully saturated rings. The van der Waals surface area contributed by atoms with Gasteiger partial charge in [-0.3, -0.25) is 4.79 Å². The Balaban J connectivity index is 1.51. The number of benzene rings is 2. The third kappa shape index (κ3) is 3.39. The van der Waals surface area contributed by atoms with E-state index in [4.69, 9.17) is 16.6 Å². The van der Waals surface area contributed by atoms with Gasteiger partial charge in [0, 0.05) is 39.7 Å². The van der Waals surface area contributed by atoms with Gasteiger partial charge in [-0.15, -0.1) is 0 Å². The van der Waals surface area contributed by atoms with Crippen molar-refractivity contribution in [2.24, 2.45) is 17.8 Å². The number of rotatable bonds is 4. The van der Waals surface area contributed by atoms with Gasteiger partial charge < -0.3 is 15.4 Å². The lowest BCUT2D eigenvalue weighted by molar-refractivity contribution is -0.148. The van der Waals surface area contributed by atoms with Gasteiger partial charge in [0.25, 0.3) is 0 Å². The highest BCUT2D eigenvalue weighted by Gasteiger charge is 2.47. The Labute approximate surface area is 198 Å². The van der Waals surface area contributed by atoms with Crippen LogP contribution >= 0.6 is 11.6 Å². The summed E-state index contributed by atoms with van der Waals surface area (Å²) in [7, 11) is 0. The third-order valence-electron chi connectivity index (χ3n) is 7.41. The number of fused-ring (bicyclic) bond motifs is 5. The zero-order chi connectivity index (χ0) is 23.6. The van der Waals surface area contributed by atoms with Crippen molar-refractivity contribution in [1.82, 2.24) is 15.0 Å². The zero-order valence-electron chi connectivity index (χ0n) is 18.0. The van der Waals surface area contributed by atoms with Crippen LogP contribution in [0.25, 0.3) is 33.2 Å². The minimum atomic E-state index is -0.795. The number of H-pyrrole nitrogens is 1. The van der Waals surface area contributed by atoms with Gasteiger partial charge in [-0.2, -0.15) is 0 Å². The van der Waals surface area contributed by atoms with Crippen LogP contribution in [0.1, 0.15) is 25.7 Å². The maximum atomic E-state index is 14.3. The molecule has 3 saturated carbocycles. The van der Waals surface area contributed by atoms with E-state index in [-0.39, 0.29) is 29.2 Å². The van der Waals surface area contributed by atoms with Crippen molar-refractivity contribution in [2.45, 2.75) is 31.7 Å². The number of hydrogen-bond acceptors (Lipinski definition) is 4. The lowest BCUT2D eigenvalue weighted by Gasteiger charge is -2.47. The number of halogens is 3. The van der Waals surface area contributed by atoms with E-state index in [1.165, 1.54) is 6.07 Å². The van der Waals surface area contributed by atoms with E-state index in [2.05, 4.69) is 15.3 Å². The Hall–Kier alpha value is -3.26. The number of nitrogens with zero attached hydrogens (tertiary/aromatic N) is 2. The van der Waals surface area contributed by atoms with Crippen LogP contribution in [0.15, 0.2) is 36.5 Å². The minimum Gasteiger partial charge on any atom is -0.481 e. The summed E-state index contributed by atoms with van der Waals surface area (Å²) in [5.74, 6) is -1.56. The first-order valence-corrected chi connectivity index (χ1v) is 11.7. The quantitative estimate of drug-likeness (QED) is 0.331. The molecule has 4 aromatic rings. The van der Waals surface area contributed by atoms with Crippen molar-refractivity contribution in [3.8, 4) is 11.4 Å². The molecule has 9 heteroatoms. The number of anilines is 1. The second-order valence-electron chi connectivity index (χ2n) is 9.28. The number of carboxylic acid groups (broad SMARTS) is 1. The largest absolute Gasteiger partial charge is 0.481 e. The van der Waals surface area contributed by atoms with Crippen molar-refractivity contribution >= 4 is 45.2 Å². The molecular weight excluding hydrogens is 462 g/mol. The molecular formula is C25H21ClF2N4O2. The number of carboxylic acids is 1. The fourth-order valence-electron chi connectivity index (χ4n) is 5.84. The van der Waals surface area contributed by atoms with Crippen LogP contribution in [0.5, 0.6) is 0 Å². The zero-order valence-corrected chi connectivity index (χ0v) is 18.7. The maximum Gasteiger partial charge on any atom is 0.308 e. The molecule has 0 unspecified atom stereocenters. The van der Waals surface area contributed by atoms with Crippen molar-refractivity contribution in [3.05, 3.63) is 53.2 Å². The van der Waals surface area contributed by atoms with E-state index >= 15 is 0 Å². The summed E-state index contributed by atoms with van der Waals surface area (Å²) in [4.78, 5) is 24.4. The number of nitrogens with one attached hydrogen (secondary N) is 2. The van der Waals surface area contributed by atoms with E-state index in [0.29, 0.717) is 32.7 Å². The highest BCUT2D eigenvalue weighted by Crippen LogP contribution is 2.47. The Bertz CT molecular complexity index is 1450. The Morgan fingerprint density at radius 2 is 1.82 bits per heavy atom. The number of carbonyl (C=O) groups is 1. The lowest BCUT2D eigenvalue weighted by atomic mass is 9.61. The van der Waals surface area contributed by atoms with Gasteiger partial charge in [-0.05, 0) is 61.8 Å². The highest BCUT2D eigenvalue weighted by molar-refractivity contribution is 6.31. The number of hydrogen-bond donors (Lipinski definition) is 3. The fraction of sp³-hybridized carbons (Fsp3) is 0.320. The summed E-state index contributed by atoms with van der Waals surface area (Å²) >= 11 is 6.23. The first-order valence-electron chi connectivity index (χ1n) is 11.3. The highest BCUT2D eigenvalue weighted by atomic mass is 35.5. The van der Waals surface area contributed by atoms with Crippen LogP contribution in [0.3, 0.4) is 0 Å². The molecule has 2 heterocycles.